The summed E-state index contributed by atoms with van der Waals surface area (Å²) in [4.78, 5) is 29.4. The summed E-state index contributed by atoms with van der Waals surface area (Å²) < 4.78 is 39.8. The second-order valence-electron chi connectivity index (χ2n) is 10.7. The summed E-state index contributed by atoms with van der Waals surface area (Å²) in [5, 5.41) is 14.8. The summed E-state index contributed by atoms with van der Waals surface area (Å²) in [5.41, 5.74) is -0.850. The first-order chi connectivity index (χ1) is 18.6. The number of hydrogen-bond acceptors (Lipinski definition) is 6. The van der Waals surface area contributed by atoms with E-state index in [0.717, 1.165) is 49.9 Å². The predicted octanol–water partition coefficient (Wildman–Crippen LogP) is 5.76. The third-order valence-electron chi connectivity index (χ3n) is 8.11. The monoisotopic (exact) mass is 581 g/mol. The Morgan fingerprint density at radius 3 is 2.23 bits per heavy atom. The lowest BCUT2D eigenvalue weighted by molar-refractivity contribution is -0.388. The fraction of sp³-hybridized carbons (Fsp3) is 0.536. The third kappa shape index (κ3) is 6.80. The molecule has 1 N–H and O–H groups in total. The Morgan fingerprint density at radius 2 is 1.65 bits per heavy atom. The lowest BCUT2D eigenvalue weighted by Gasteiger charge is -2.33. The molecular weight excluding hydrogens is 547 g/mol. The smallest absolute Gasteiger partial charge is 0.382 e. The quantitative estimate of drug-likeness (QED) is 0.330. The van der Waals surface area contributed by atoms with Crippen molar-refractivity contribution in [3.63, 3.8) is 0 Å². The Morgan fingerprint density at radius 1 is 1.02 bits per heavy atom. The number of nitro benzene ring substituents is 1. The Labute approximate surface area is 237 Å². The second-order valence-corrected chi connectivity index (χ2v) is 11.1. The second kappa shape index (κ2) is 12.2. The van der Waals surface area contributed by atoms with Gasteiger partial charge in [0.15, 0.2) is 0 Å². The average molecular weight is 582 g/mol. The fourth-order valence-corrected chi connectivity index (χ4v) is 6.19. The molecule has 0 bridgehead atoms. The highest BCUT2D eigenvalue weighted by atomic mass is 35.5. The Balaban J connectivity index is 0.00000370. The normalized spacial score (nSPS) is 21.7. The summed E-state index contributed by atoms with van der Waals surface area (Å²) in [6.07, 6.45) is -3.17. The number of anilines is 2. The van der Waals surface area contributed by atoms with Gasteiger partial charge in [-0.25, -0.2) is 0 Å². The van der Waals surface area contributed by atoms with E-state index in [0.29, 0.717) is 44.2 Å². The number of carbonyl (C=O) groups is 1. The van der Waals surface area contributed by atoms with Crippen molar-refractivity contribution in [1.82, 2.24) is 9.80 Å². The SMILES string of the molecule is C.O=C(CCN1CC2CN(c3ccc(Cl)cc3)CC2C1)N1CCC(Nc2ccc([N+](=O)[O-])c(C(F)(F)F)c2)CC1. The molecule has 2 unspecified atom stereocenters. The molecule has 40 heavy (non-hydrogen) atoms. The standard InChI is InChI=1S/C27H31ClF3N5O3.CH4/c28-20-1-4-23(5-2-20)35-16-18-14-33(15-19(18)17-35)10-9-26(37)34-11-7-21(8-12-34)32-22-3-6-25(36(38)39)24(13-22)27(29,30)31;/h1-6,13,18-19,21,32H,7-12,14-17H2;1H4. The van der Waals surface area contributed by atoms with Crippen molar-refractivity contribution in [2.24, 2.45) is 11.8 Å². The van der Waals surface area contributed by atoms with Crippen molar-refractivity contribution in [2.75, 3.05) is 56.0 Å². The van der Waals surface area contributed by atoms with E-state index in [4.69, 9.17) is 11.6 Å². The molecule has 0 saturated carbocycles. The van der Waals surface area contributed by atoms with Crippen molar-refractivity contribution in [2.45, 2.75) is 38.9 Å². The number of nitro groups is 1. The van der Waals surface area contributed by atoms with Gasteiger partial charge in [-0.2, -0.15) is 13.2 Å². The van der Waals surface area contributed by atoms with Crippen LogP contribution in [0.4, 0.5) is 30.2 Å². The van der Waals surface area contributed by atoms with E-state index in [1.807, 2.05) is 17.0 Å². The summed E-state index contributed by atoms with van der Waals surface area (Å²) >= 11 is 6.01. The number of nitrogens with one attached hydrogen (secondary N) is 1. The zero-order chi connectivity index (χ0) is 27.7. The lowest BCUT2D eigenvalue weighted by Crippen LogP contribution is -2.43. The Hall–Kier alpha value is -3.05. The first-order valence-corrected chi connectivity index (χ1v) is 13.6. The van der Waals surface area contributed by atoms with Gasteiger partial charge < -0.3 is 20.0 Å². The van der Waals surface area contributed by atoms with Gasteiger partial charge in [-0.3, -0.25) is 14.9 Å². The molecule has 8 nitrogen and oxygen atoms in total. The van der Waals surface area contributed by atoms with Crippen LogP contribution in [0.25, 0.3) is 0 Å². The van der Waals surface area contributed by atoms with Crippen LogP contribution in [0, 0.1) is 22.0 Å². The Bertz CT molecular complexity index is 1190. The molecule has 3 fully saturated rings. The van der Waals surface area contributed by atoms with E-state index in [1.165, 1.54) is 11.8 Å². The van der Waals surface area contributed by atoms with E-state index in [9.17, 15) is 28.1 Å². The van der Waals surface area contributed by atoms with Crippen LogP contribution in [0.3, 0.4) is 0 Å². The van der Waals surface area contributed by atoms with Crippen molar-refractivity contribution in [3.05, 3.63) is 63.2 Å². The van der Waals surface area contributed by atoms with Crippen LogP contribution in [-0.4, -0.2) is 72.5 Å². The van der Waals surface area contributed by atoms with Crippen LogP contribution in [0.5, 0.6) is 0 Å². The van der Waals surface area contributed by atoms with Gasteiger partial charge in [-0.05, 0) is 61.1 Å². The van der Waals surface area contributed by atoms with E-state index in [1.54, 1.807) is 0 Å². The number of halogens is 4. The van der Waals surface area contributed by atoms with Gasteiger partial charge in [0.1, 0.15) is 5.56 Å². The van der Waals surface area contributed by atoms with Crippen LogP contribution >= 0.6 is 11.6 Å². The minimum Gasteiger partial charge on any atom is -0.382 e. The highest BCUT2D eigenvalue weighted by Gasteiger charge is 2.40. The molecule has 2 atom stereocenters. The highest BCUT2D eigenvalue weighted by molar-refractivity contribution is 6.30. The molecule has 2 aromatic rings. The van der Waals surface area contributed by atoms with Gasteiger partial charge in [-0.1, -0.05) is 19.0 Å². The third-order valence-corrected chi connectivity index (χ3v) is 8.36. The molecule has 0 aromatic heterocycles. The molecule has 5 rings (SSSR count). The molecular formula is C28H35ClF3N5O3. The molecule has 3 aliphatic rings. The number of nitrogens with zero attached hydrogens (tertiary/aromatic N) is 4. The largest absolute Gasteiger partial charge is 0.423 e. The van der Waals surface area contributed by atoms with E-state index < -0.39 is 22.4 Å². The molecule has 3 saturated heterocycles. The topological polar surface area (TPSA) is 82.0 Å². The van der Waals surface area contributed by atoms with Gasteiger partial charge in [-0.15, -0.1) is 0 Å². The molecule has 1 amide bonds. The van der Waals surface area contributed by atoms with Crippen LogP contribution < -0.4 is 10.2 Å². The van der Waals surface area contributed by atoms with Gasteiger partial charge in [0, 0.05) is 80.7 Å². The summed E-state index contributed by atoms with van der Waals surface area (Å²) in [6.45, 7) is 5.78. The summed E-state index contributed by atoms with van der Waals surface area (Å²) in [6, 6.07) is 10.8. The molecule has 218 valence electrons. The number of likely N-dealkylation sites (tertiary alicyclic amines) is 2. The minimum atomic E-state index is -4.82. The highest BCUT2D eigenvalue weighted by Crippen LogP contribution is 2.38. The minimum absolute atomic E-state index is 0. The van der Waals surface area contributed by atoms with Gasteiger partial charge >= 0.3 is 6.18 Å². The molecule has 2 aromatic carbocycles. The molecule has 3 heterocycles. The first kappa shape index (κ1) is 29.9. The summed E-state index contributed by atoms with van der Waals surface area (Å²) in [7, 11) is 0. The van der Waals surface area contributed by atoms with Gasteiger partial charge in [0.05, 0.1) is 4.92 Å². The van der Waals surface area contributed by atoms with Crippen LogP contribution in [0.15, 0.2) is 42.5 Å². The van der Waals surface area contributed by atoms with Crippen molar-refractivity contribution in [3.8, 4) is 0 Å². The number of rotatable bonds is 7. The number of alkyl halides is 3. The summed E-state index contributed by atoms with van der Waals surface area (Å²) in [5.74, 6) is 1.28. The molecule has 0 spiro atoms. The predicted molar refractivity (Wildman–Crippen MR) is 150 cm³/mol. The van der Waals surface area contributed by atoms with E-state index in [-0.39, 0.29) is 25.1 Å². The molecule has 0 aliphatic carbocycles. The van der Waals surface area contributed by atoms with E-state index >= 15 is 0 Å². The maximum Gasteiger partial charge on any atom is 0.423 e. The fourth-order valence-electron chi connectivity index (χ4n) is 6.07. The maximum absolute atomic E-state index is 13.3. The van der Waals surface area contributed by atoms with E-state index in [2.05, 4.69) is 27.2 Å². The number of hydrogen-bond donors (Lipinski definition) is 1. The molecule has 3 aliphatic heterocycles. The molecule has 12 heteroatoms. The van der Waals surface area contributed by atoms with Gasteiger partial charge in [0.25, 0.3) is 5.69 Å². The zero-order valence-corrected chi connectivity index (χ0v) is 22.1. The van der Waals surface area contributed by atoms with Crippen LogP contribution in [0.2, 0.25) is 5.02 Å². The number of carbonyl (C=O) groups excluding carboxylic acids is 1. The van der Waals surface area contributed by atoms with Crippen LogP contribution in [-0.2, 0) is 11.0 Å². The number of fused-ring (bicyclic) bond motifs is 1. The number of benzene rings is 2. The zero-order valence-electron chi connectivity index (χ0n) is 21.4. The van der Waals surface area contributed by atoms with Crippen molar-refractivity contribution < 1.29 is 22.9 Å². The Kier molecular flexibility index (Phi) is 9.14. The molecule has 0 radical (unpaired) electrons. The number of amides is 1. The number of piperidine rings is 1. The van der Waals surface area contributed by atoms with Gasteiger partial charge in [0.2, 0.25) is 5.91 Å². The first-order valence-electron chi connectivity index (χ1n) is 13.2. The average Bonchev–Trinajstić information content (AvgIpc) is 3.47. The van der Waals surface area contributed by atoms with Crippen LogP contribution in [0.1, 0.15) is 32.3 Å². The maximum atomic E-state index is 13.3. The van der Waals surface area contributed by atoms with Crippen molar-refractivity contribution in [1.29, 1.82) is 0 Å². The van der Waals surface area contributed by atoms with Crippen molar-refractivity contribution >= 4 is 34.6 Å². The lowest BCUT2D eigenvalue weighted by atomic mass is 10.0.